The number of carbonyl (C=O) groups is 1. The number of nitrogens with zero attached hydrogens (tertiary/aromatic N) is 3. The molecule has 1 N–H and O–H groups in total. The third-order valence-corrected chi connectivity index (χ3v) is 4.64. The third-order valence-electron chi connectivity index (χ3n) is 4.64. The number of hydrogen-bond acceptors (Lipinski definition) is 5. The molecule has 2 heterocycles. The number of ether oxygens (including phenoxy) is 1. The number of Topliss-reactive ketones (excluding diaryl/α,β-unsaturated/α-hetero) is 1. The van der Waals surface area contributed by atoms with Crippen molar-refractivity contribution in [1.82, 2.24) is 14.8 Å². The third kappa shape index (κ3) is 3.40. The zero-order valence-electron chi connectivity index (χ0n) is 15.4. The Labute approximate surface area is 167 Å². The van der Waals surface area contributed by atoms with Crippen LogP contribution >= 0.6 is 0 Å². The fourth-order valence-corrected chi connectivity index (χ4v) is 3.30. The van der Waals surface area contributed by atoms with E-state index in [4.69, 9.17) is 4.74 Å². The van der Waals surface area contributed by atoms with Crippen molar-refractivity contribution in [2.24, 2.45) is 0 Å². The zero-order valence-corrected chi connectivity index (χ0v) is 15.4. The van der Waals surface area contributed by atoms with Gasteiger partial charge < -0.3 is 10.1 Å². The van der Waals surface area contributed by atoms with Gasteiger partial charge in [-0.1, -0.05) is 12.1 Å². The van der Waals surface area contributed by atoms with Gasteiger partial charge in [-0.3, -0.25) is 4.79 Å². The van der Waals surface area contributed by atoms with Crippen LogP contribution in [0.4, 0.5) is 23.5 Å². The second kappa shape index (κ2) is 7.29. The van der Waals surface area contributed by atoms with Crippen molar-refractivity contribution >= 4 is 11.7 Å². The number of aromatic nitrogens is 3. The largest absolute Gasteiger partial charge is 0.497 e. The Morgan fingerprint density at radius 1 is 1.17 bits per heavy atom. The molecule has 0 saturated heterocycles. The molecule has 0 saturated carbocycles. The molecule has 0 bridgehead atoms. The number of alkyl halides is 3. The second-order valence-electron chi connectivity index (χ2n) is 6.45. The van der Waals surface area contributed by atoms with E-state index in [1.54, 1.807) is 18.2 Å². The molecule has 0 unspecified atom stereocenters. The van der Waals surface area contributed by atoms with Gasteiger partial charge in [0, 0.05) is 5.56 Å². The van der Waals surface area contributed by atoms with Crippen molar-refractivity contribution in [3.05, 3.63) is 83.1 Å². The molecular weight excluding hydrogens is 404 g/mol. The lowest BCUT2D eigenvalue weighted by atomic mass is 9.89. The molecule has 0 fully saturated rings. The molecule has 6 nitrogen and oxygen atoms in total. The summed E-state index contributed by atoms with van der Waals surface area (Å²) in [6, 6.07) is 9.38. The van der Waals surface area contributed by atoms with E-state index >= 15 is 0 Å². The molecule has 1 aliphatic heterocycles. The average molecular weight is 418 g/mol. The number of nitrogens with one attached hydrogen (secondary N) is 1. The highest BCUT2D eigenvalue weighted by Gasteiger charge is 2.46. The van der Waals surface area contributed by atoms with Crippen molar-refractivity contribution in [1.29, 1.82) is 0 Å². The maximum absolute atomic E-state index is 14.0. The minimum atomic E-state index is -4.88. The molecule has 30 heavy (non-hydrogen) atoms. The topological polar surface area (TPSA) is 69.0 Å². The van der Waals surface area contributed by atoms with E-state index in [9.17, 15) is 22.4 Å². The molecule has 0 amide bonds. The number of hydrogen-bond donors (Lipinski definition) is 1. The molecule has 4 rings (SSSR count). The van der Waals surface area contributed by atoms with Gasteiger partial charge in [0.1, 0.15) is 29.6 Å². The summed E-state index contributed by atoms with van der Waals surface area (Å²) in [5, 5.41) is 6.19. The van der Waals surface area contributed by atoms with Crippen molar-refractivity contribution in [3.8, 4) is 5.75 Å². The molecule has 2 aromatic carbocycles. The van der Waals surface area contributed by atoms with Crippen LogP contribution in [0, 0.1) is 5.82 Å². The first-order valence-electron chi connectivity index (χ1n) is 8.71. The quantitative estimate of drug-likeness (QED) is 0.510. The Kier molecular flexibility index (Phi) is 4.76. The van der Waals surface area contributed by atoms with Crippen LogP contribution in [0.2, 0.25) is 0 Å². The van der Waals surface area contributed by atoms with Crippen LogP contribution in [0.5, 0.6) is 5.75 Å². The minimum Gasteiger partial charge on any atom is -0.497 e. The van der Waals surface area contributed by atoms with E-state index in [2.05, 4.69) is 15.4 Å². The fourth-order valence-electron chi connectivity index (χ4n) is 3.30. The molecule has 154 valence electrons. The van der Waals surface area contributed by atoms with Gasteiger partial charge in [0.2, 0.25) is 5.95 Å². The zero-order chi connectivity index (χ0) is 21.5. The number of anilines is 1. The molecule has 10 heteroatoms. The van der Waals surface area contributed by atoms with Gasteiger partial charge in [-0.2, -0.15) is 23.3 Å². The molecule has 1 aliphatic rings. The Balaban J connectivity index is 1.96. The summed E-state index contributed by atoms with van der Waals surface area (Å²) in [5.74, 6) is -1.29. The predicted octanol–water partition coefficient (Wildman–Crippen LogP) is 4.14. The van der Waals surface area contributed by atoms with E-state index in [1.807, 2.05) is 0 Å². The lowest BCUT2D eigenvalue weighted by molar-refractivity contribution is -0.0918. The Morgan fingerprint density at radius 2 is 1.90 bits per heavy atom. The van der Waals surface area contributed by atoms with Gasteiger partial charge in [0.05, 0.1) is 12.7 Å². The normalized spacial score (nSPS) is 16.1. The standard InChI is InChI=1S/C20H14F4N4O2/c1-30-14-4-2-3-12(9-14)16-15(17(29)11-5-7-13(21)8-6-11)18(20(22,23)24)27-19-25-10-26-28(16)19/h2-10,16H,1H3,(H,25,26,27)/t16-/m1/s1. The van der Waals surface area contributed by atoms with Gasteiger partial charge in [0.15, 0.2) is 5.78 Å². The van der Waals surface area contributed by atoms with Gasteiger partial charge >= 0.3 is 6.18 Å². The first-order valence-corrected chi connectivity index (χ1v) is 8.71. The summed E-state index contributed by atoms with van der Waals surface area (Å²) in [5.41, 5.74) is -1.58. The first-order chi connectivity index (χ1) is 14.3. The number of fused-ring (bicyclic) bond motifs is 1. The maximum Gasteiger partial charge on any atom is 0.431 e. The van der Waals surface area contributed by atoms with Crippen molar-refractivity contribution < 1.29 is 27.1 Å². The smallest absolute Gasteiger partial charge is 0.431 e. The van der Waals surface area contributed by atoms with Gasteiger partial charge in [-0.25, -0.2) is 9.07 Å². The van der Waals surface area contributed by atoms with Gasteiger partial charge in [0.25, 0.3) is 0 Å². The highest BCUT2D eigenvalue weighted by molar-refractivity contribution is 6.10. The van der Waals surface area contributed by atoms with Gasteiger partial charge in [-0.15, -0.1) is 0 Å². The van der Waals surface area contributed by atoms with E-state index < -0.39 is 35.1 Å². The summed E-state index contributed by atoms with van der Waals surface area (Å²) in [4.78, 5) is 17.1. The predicted molar refractivity (Wildman–Crippen MR) is 98.6 cm³/mol. The van der Waals surface area contributed by atoms with Crippen LogP contribution in [0.1, 0.15) is 22.0 Å². The van der Waals surface area contributed by atoms with Gasteiger partial charge in [-0.05, 0) is 42.0 Å². The molecule has 0 spiro atoms. The maximum atomic E-state index is 14.0. The lowest BCUT2D eigenvalue weighted by Crippen LogP contribution is -2.35. The van der Waals surface area contributed by atoms with Crippen molar-refractivity contribution in [3.63, 3.8) is 0 Å². The highest BCUT2D eigenvalue weighted by atomic mass is 19.4. The average Bonchev–Trinajstić information content (AvgIpc) is 3.20. The Bertz CT molecular complexity index is 1140. The number of carbonyl (C=O) groups excluding carboxylic acids is 1. The molecule has 1 atom stereocenters. The number of allylic oxidation sites excluding steroid dienone is 2. The summed E-state index contributed by atoms with van der Waals surface area (Å²) in [6.45, 7) is 0. The van der Waals surface area contributed by atoms with E-state index in [0.29, 0.717) is 11.3 Å². The van der Waals surface area contributed by atoms with E-state index in [0.717, 1.165) is 30.6 Å². The lowest BCUT2D eigenvalue weighted by Gasteiger charge is -2.30. The molecule has 1 aromatic heterocycles. The number of rotatable bonds is 4. The SMILES string of the molecule is COc1cccc([C@@H]2C(C(=O)c3ccc(F)cc3)=C(C(F)(F)F)Nc3ncnn32)c1. The van der Waals surface area contributed by atoms with Crippen LogP contribution in [0.25, 0.3) is 0 Å². The highest BCUT2D eigenvalue weighted by Crippen LogP contribution is 2.42. The molecular formula is C20H14F4N4O2. The first kappa shape index (κ1) is 19.6. The summed E-state index contributed by atoms with van der Waals surface area (Å²) >= 11 is 0. The Morgan fingerprint density at radius 3 is 2.57 bits per heavy atom. The van der Waals surface area contributed by atoms with Crippen LogP contribution in [-0.2, 0) is 0 Å². The van der Waals surface area contributed by atoms with Crippen LogP contribution < -0.4 is 10.1 Å². The fraction of sp³-hybridized carbons (Fsp3) is 0.150. The summed E-state index contributed by atoms with van der Waals surface area (Å²) in [6.07, 6.45) is -3.78. The van der Waals surface area contributed by atoms with E-state index in [-0.39, 0.29) is 11.5 Å². The van der Waals surface area contributed by atoms with Crippen LogP contribution in [0.3, 0.4) is 0 Å². The number of ketones is 1. The monoisotopic (exact) mass is 418 g/mol. The summed E-state index contributed by atoms with van der Waals surface area (Å²) in [7, 11) is 1.42. The number of benzene rings is 2. The molecule has 0 aliphatic carbocycles. The second-order valence-corrected chi connectivity index (χ2v) is 6.45. The number of methoxy groups -OCH3 is 1. The Hall–Kier alpha value is -3.69. The van der Waals surface area contributed by atoms with Crippen molar-refractivity contribution in [2.45, 2.75) is 12.2 Å². The van der Waals surface area contributed by atoms with Crippen LogP contribution in [0.15, 0.2) is 66.1 Å². The molecule has 0 radical (unpaired) electrons. The summed E-state index contributed by atoms with van der Waals surface area (Å²) < 4.78 is 61.5. The molecule has 3 aromatic rings. The van der Waals surface area contributed by atoms with Crippen LogP contribution in [-0.4, -0.2) is 33.8 Å². The minimum absolute atomic E-state index is 0.0913. The van der Waals surface area contributed by atoms with E-state index in [1.165, 1.54) is 17.9 Å². The number of halogens is 4. The van der Waals surface area contributed by atoms with Crippen molar-refractivity contribution in [2.75, 3.05) is 12.4 Å².